The largest absolute Gasteiger partial charge is 0.264 e. The molecule has 3 aromatic rings. The fraction of sp³-hybridized carbons (Fsp3) is 0.267. The average molecular weight is 329 g/mol. The summed E-state index contributed by atoms with van der Waals surface area (Å²) < 4.78 is 30.1. The fourth-order valence-corrected chi connectivity index (χ4v) is 4.41. The Morgan fingerprint density at radius 2 is 2.17 bits per heavy atom. The molecule has 0 amide bonds. The van der Waals surface area contributed by atoms with E-state index >= 15 is 0 Å². The van der Waals surface area contributed by atoms with E-state index in [0.717, 1.165) is 11.2 Å². The number of aromatic nitrogens is 4. The molecule has 8 heteroatoms. The van der Waals surface area contributed by atoms with Crippen LogP contribution in [0.25, 0.3) is 10.8 Å². The van der Waals surface area contributed by atoms with E-state index in [0.29, 0.717) is 24.8 Å². The average Bonchev–Trinajstić information content (AvgIpc) is 3.01. The van der Waals surface area contributed by atoms with Crippen molar-refractivity contribution in [2.45, 2.75) is 30.3 Å². The van der Waals surface area contributed by atoms with Crippen molar-refractivity contribution in [3.63, 3.8) is 0 Å². The van der Waals surface area contributed by atoms with Crippen LogP contribution in [-0.4, -0.2) is 34.2 Å². The second-order valence-electron chi connectivity index (χ2n) is 5.57. The minimum Gasteiger partial charge on any atom is -0.264 e. The molecule has 0 saturated heterocycles. The molecule has 4 rings (SSSR count). The number of nitrogens with one attached hydrogen (secondary N) is 1. The predicted octanol–water partition coefficient (Wildman–Crippen LogP) is 1.12. The summed E-state index contributed by atoms with van der Waals surface area (Å²) in [4.78, 5) is 8.45. The van der Waals surface area contributed by atoms with E-state index in [4.69, 9.17) is 0 Å². The Labute approximate surface area is 133 Å². The van der Waals surface area contributed by atoms with E-state index in [1.807, 2.05) is 6.07 Å². The van der Waals surface area contributed by atoms with E-state index < -0.39 is 10.0 Å². The van der Waals surface area contributed by atoms with Gasteiger partial charge in [0.05, 0.1) is 11.4 Å². The van der Waals surface area contributed by atoms with Crippen molar-refractivity contribution in [2.75, 3.05) is 0 Å². The molecule has 118 valence electrons. The molecule has 23 heavy (non-hydrogen) atoms. The third-order valence-electron chi connectivity index (χ3n) is 4.06. The molecule has 0 aliphatic carbocycles. The van der Waals surface area contributed by atoms with Crippen LogP contribution in [0.3, 0.4) is 0 Å². The SMILES string of the molecule is O=S(=O)(NC1CCc2ncnn2C1)c1cccc2ccncc12. The molecule has 0 spiro atoms. The van der Waals surface area contributed by atoms with Gasteiger partial charge in [0, 0.05) is 30.2 Å². The number of nitrogens with zero attached hydrogens (tertiary/aromatic N) is 4. The molecule has 1 N–H and O–H groups in total. The van der Waals surface area contributed by atoms with Gasteiger partial charge in [0.25, 0.3) is 0 Å². The Kier molecular flexibility index (Phi) is 3.35. The van der Waals surface area contributed by atoms with Crippen LogP contribution in [0.15, 0.2) is 47.9 Å². The van der Waals surface area contributed by atoms with Gasteiger partial charge in [-0.3, -0.25) is 4.98 Å². The van der Waals surface area contributed by atoms with E-state index in [1.165, 1.54) is 6.33 Å². The van der Waals surface area contributed by atoms with Crippen molar-refractivity contribution in [2.24, 2.45) is 0 Å². The molecule has 7 nitrogen and oxygen atoms in total. The Morgan fingerprint density at radius 3 is 3.09 bits per heavy atom. The summed E-state index contributed by atoms with van der Waals surface area (Å²) in [5.74, 6) is 0.898. The maximum atomic E-state index is 12.8. The highest BCUT2D eigenvalue weighted by molar-refractivity contribution is 7.89. The molecule has 1 unspecified atom stereocenters. The minimum atomic E-state index is -3.62. The second-order valence-corrected chi connectivity index (χ2v) is 7.25. The normalized spacial score (nSPS) is 18.0. The van der Waals surface area contributed by atoms with Crippen LogP contribution < -0.4 is 4.72 Å². The quantitative estimate of drug-likeness (QED) is 0.778. The zero-order valence-corrected chi connectivity index (χ0v) is 13.1. The number of rotatable bonds is 3. The lowest BCUT2D eigenvalue weighted by Gasteiger charge is -2.23. The second kappa shape index (κ2) is 5.39. The third kappa shape index (κ3) is 2.60. The first-order chi connectivity index (χ1) is 11.1. The highest BCUT2D eigenvalue weighted by atomic mass is 32.2. The smallest absolute Gasteiger partial charge is 0.241 e. The zero-order chi connectivity index (χ0) is 15.9. The van der Waals surface area contributed by atoms with Crippen molar-refractivity contribution in [3.8, 4) is 0 Å². The highest BCUT2D eigenvalue weighted by Crippen LogP contribution is 2.23. The molecule has 0 fully saturated rings. The summed E-state index contributed by atoms with van der Waals surface area (Å²) in [6, 6.07) is 6.83. The molecular weight excluding hydrogens is 314 g/mol. The van der Waals surface area contributed by atoms with Gasteiger partial charge in [0.1, 0.15) is 12.2 Å². The summed E-state index contributed by atoms with van der Waals surface area (Å²) in [5.41, 5.74) is 0. The molecule has 1 atom stereocenters. The summed E-state index contributed by atoms with van der Waals surface area (Å²) in [6.45, 7) is 0.498. The van der Waals surface area contributed by atoms with Crippen LogP contribution in [0.4, 0.5) is 0 Å². The van der Waals surface area contributed by atoms with E-state index in [1.54, 1.807) is 35.3 Å². The Bertz CT molecular complexity index is 961. The lowest BCUT2D eigenvalue weighted by atomic mass is 10.1. The third-order valence-corrected chi connectivity index (χ3v) is 5.64. The first-order valence-corrected chi connectivity index (χ1v) is 8.83. The van der Waals surface area contributed by atoms with E-state index in [-0.39, 0.29) is 10.9 Å². The van der Waals surface area contributed by atoms with Crippen molar-refractivity contribution in [1.29, 1.82) is 0 Å². The standard InChI is InChI=1S/C15H15N5O2S/c21-23(22,14-3-1-2-11-6-7-16-8-13(11)14)19-12-4-5-15-17-10-18-20(15)9-12/h1-3,6-8,10,12,19H,4-5,9H2. The lowest BCUT2D eigenvalue weighted by Crippen LogP contribution is -2.41. The van der Waals surface area contributed by atoms with Gasteiger partial charge < -0.3 is 0 Å². The minimum absolute atomic E-state index is 0.193. The Balaban J connectivity index is 1.66. The molecule has 2 aromatic heterocycles. The van der Waals surface area contributed by atoms with Gasteiger partial charge in [-0.05, 0) is 23.9 Å². The van der Waals surface area contributed by atoms with E-state index in [9.17, 15) is 8.42 Å². The van der Waals surface area contributed by atoms with Crippen LogP contribution in [0.1, 0.15) is 12.2 Å². The van der Waals surface area contributed by atoms with Crippen LogP contribution in [0.5, 0.6) is 0 Å². The van der Waals surface area contributed by atoms with Gasteiger partial charge in [0.15, 0.2) is 0 Å². The number of pyridine rings is 1. The summed E-state index contributed by atoms with van der Waals surface area (Å²) >= 11 is 0. The number of sulfonamides is 1. The van der Waals surface area contributed by atoms with Crippen molar-refractivity contribution < 1.29 is 8.42 Å². The predicted molar refractivity (Wildman–Crippen MR) is 84.2 cm³/mol. The Morgan fingerprint density at radius 1 is 1.26 bits per heavy atom. The topological polar surface area (TPSA) is 89.8 Å². The molecule has 1 aromatic carbocycles. The van der Waals surface area contributed by atoms with Gasteiger partial charge in [-0.25, -0.2) is 22.8 Å². The number of aryl methyl sites for hydroxylation is 1. The molecule has 0 radical (unpaired) electrons. The number of fused-ring (bicyclic) bond motifs is 2. The van der Waals surface area contributed by atoms with Crippen LogP contribution in [0.2, 0.25) is 0 Å². The van der Waals surface area contributed by atoms with E-state index in [2.05, 4.69) is 19.8 Å². The lowest BCUT2D eigenvalue weighted by molar-refractivity contribution is 0.395. The molecule has 1 aliphatic rings. The number of hydrogen-bond donors (Lipinski definition) is 1. The van der Waals surface area contributed by atoms with Gasteiger partial charge in [0.2, 0.25) is 10.0 Å². The summed E-state index contributed by atoms with van der Waals surface area (Å²) in [5, 5.41) is 5.60. The van der Waals surface area contributed by atoms with Crippen molar-refractivity contribution in [1.82, 2.24) is 24.5 Å². The monoisotopic (exact) mass is 329 g/mol. The van der Waals surface area contributed by atoms with Crippen LogP contribution in [0, 0.1) is 0 Å². The molecule has 1 aliphatic heterocycles. The van der Waals surface area contributed by atoms with Crippen molar-refractivity contribution in [3.05, 3.63) is 48.8 Å². The maximum absolute atomic E-state index is 12.8. The van der Waals surface area contributed by atoms with Gasteiger partial charge >= 0.3 is 0 Å². The van der Waals surface area contributed by atoms with Crippen LogP contribution in [-0.2, 0) is 23.0 Å². The zero-order valence-electron chi connectivity index (χ0n) is 12.3. The molecule has 0 saturated carbocycles. The van der Waals surface area contributed by atoms with Gasteiger partial charge in [-0.15, -0.1) is 0 Å². The molecule has 3 heterocycles. The van der Waals surface area contributed by atoms with Crippen molar-refractivity contribution >= 4 is 20.8 Å². The molecule has 0 bridgehead atoms. The number of hydrogen-bond acceptors (Lipinski definition) is 5. The highest BCUT2D eigenvalue weighted by Gasteiger charge is 2.26. The maximum Gasteiger partial charge on any atom is 0.241 e. The Hall–Kier alpha value is -2.32. The first kappa shape index (κ1) is 14.3. The fourth-order valence-electron chi connectivity index (χ4n) is 2.94. The number of benzene rings is 1. The summed E-state index contributed by atoms with van der Waals surface area (Å²) in [7, 11) is -3.62. The van der Waals surface area contributed by atoms with Gasteiger partial charge in [-0.2, -0.15) is 5.10 Å². The first-order valence-electron chi connectivity index (χ1n) is 7.35. The van der Waals surface area contributed by atoms with Gasteiger partial charge in [-0.1, -0.05) is 12.1 Å². The summed E-state index contributed by atoms with van der Waals surface area (Å²) in [6.07, 6.45) is 6.16. The van der Waals surface area contributed by atoms with Crippen LogP contribution >= 0.6 is 0 Å². The molecular formula is C15H15N5O2S.